The number of nitrogens with one attached hydrogen (secondary N) is 1. The average Bonchev–Trinajstić information content (AvgIpc) is 2.47. The molecule has 0 radical (unpaired) electrons. The second kappa shape index (κ2) is 7.50. The summed E-state index contributed by atoms with van der Waals surface area (Å²) in [7, 11) is 3.33. The van der Waals surface area contributed by atoms with Gasteiger partial charge in [-0.05, 0) is 49.9 Å². The topological polar surface area (TPSA) is 56.5 Å². The van der Waals surface area contributed by atoms with Crippen LogP contribution >= 0.6 is 0 Å². The standard InChI is InChI=1S/C16H26N2O2/c1-19-15-7-6-12(10-16(15)20-2)8-9-18-14-5-3-4-13(17)11-14/h6-7,10,13-14,18H,3-5,8-9,11,17H2,1-2H3. The molecule has 3 N–H and O–H groups in total. The van der Waals surface area contributed by atoms with Gasteiger partial charge in [0.1, 0.15) is 0 Å². The van der Waals surface area contributed by atoms with Gasteiger partial charge in [-0.15, -0.1) is 0 Å². The number of methoxy groups -OCH3 is 2. The lowest BCUT2D eigenvalue weighted by Gasteiger charge is -2.27. The highest BCUT2D eigenvalue weighted by Gasteiger charge is 2.18. The lowest BCUT2D eigenvalue weighted by atomic mass is 9.91. The Kier molecular flexibility index (Phi) is 5.68. The highest BCUT2D eigenvalue weighted by molar-refractivity contribution is 5.42. The van der Waals surface area contributed by atoms with Crippen LogP contribution in [-0.4, -0.2) is 32.8 Å². The molecule has 0 aliphatic heterocycles. The monoisotopic (exact) mass is 278 g/mol. The lowest BCUT2D eigenvalue weighted by molar-refractivity contribution is 0.341. The third-order valence-electron chi connectivity index (χ3n) is 4.01. The molecular formula is C16H26N2O2. The molecule has 112 valence electrons. The van der Waals surface area contributed by atoms with Gasteiger partial charge in [0.15, 0.2) is 11.5 Å². The molecule has 2 rings (SSSR count). The molecule has 1 saturated carbocycles. The Morgan fingerprint density at radius 1 is 1.20 bits per heavy atom. The van der Waals surface area contributed by atoms with Crippen molar-refractivity contribution in [1.82, 2.24) is 5.32 Å². The predicted octanol–water partition coefficient (Wildman–Crippen LogP) is 2.11. The van der Waals surface area contributed by atoms with Gasteiger partial charge >= 0.3 is 0 Å². The summed E-state index contributed by atoms with van der Waals surface area (Å²) in [4.78, 5) is 0. The molecule has 0 amide bonds. The number of hydrogen-bond acceptors (Lipinski definition) is 4. The van der Waals surface area contributed by atoms with Crippen LogP contribution in [0.1, 0.15) is 31.2 Å². The molecule has 1 aliphatic carbocycles. The van der Waals surface area contributed by atoms with Crippen LogP contribution in [0.3, 0.4) is 0 Å². The molecule has 2 unspecified atom stereocenters. The molecular weight excluding hydrogens is 252 g/mol. The first-order valence-electron chi connectivity index (χ1n) is 7.42. The fourth-order valence-corrected chi connectivity index (χ4v) is 2.87. The van der Waals surface area contributed by atoms with Crippen molar-refractivity contribution >= 4 is 0 Å². The minimum absolute atomic E-state index is 0.377. The van der Waals surface area contributed by atoms with Crippen LogP contribution < -0.4 is 20.5 Å². The fraction of sp³-hybridized carbons (Fsp3) is 0.625. The third-order valence-corrected chi connectivity index (χ3v) is 4.01. The molecule has 0 heterocycles. The Labute approximate surface area is 121 Å². The van der Waals surface area contributed by atoms with E-state index in [1.54, 1.807) is 14.2 Å². The van der Waals surface area contributed by atoms with Gasteiger partial charge in [0.2, 0.25) is 0 Å². The zero-order chi connectivity index (χ0) is 14.4. The van der Waals surface area contributed by atoms with E-state index < -0.39 is 0 Å². The molecule has 1 aromatic rings. The highest BCUT2D eigenvalue weighted by atomic mass is 16.5. The SMILES string of the molecule is COc1ccc(CCNC2CCCC(N)C2)cc1OC. The highest BCUT2D eigenvalue weighted by Crippen LogP contribution is 2.27. The largest absolute Gasteiger partial charge is 0.493 e. The zero-order valence-electron chi connectivity index (χ0n) is 12.5. The average molecular weight is 278 g/mol. The second-order valence-electron chi connectivity index (χ2n) is 5.52. The van der Waals surface area contributed by atoms with Gasteiger partial charge in [0.05, 0.1) is 14.2 Å². The van der Waals surface area contributed by atoms with Gasteiger partial charge in [-0.2, -0.15) is 0 Å². The van der Waals surface area contributed by atoms with E-state index >= 15 is 0 Å². The fourth-order valence-electron chi connectivity index (χ4n) is 2.87. The minimum atomic E-state index is 0.377. The molecule has 0 bridgehead atoms. The summed E-state index contributed by atoms with van der Waals surface area (Å²) in [6.07, 6.45) is 5.76. The van der Waals surface area contributed by atoms with Crippen molar-refractivity contribution in [3.8, 4) is 11.5 Å². The summed E-state index contributed by atoms with van der Waals surface area (Å²) >= 11 is 0. The number of rotatable bonds is 6. The molecule has 20 heavy (non-hydrogen) atoms. The van der Waals surface area contributed by atoms with Gasteiger partial charge in [0, 0.05) is 12.1 Å². The van der Waals surface area contributed by atoms with Gasteiger partial charge in [-0.25, -0.2) is 0 Å². The predicted molar refractivity (Wildman–Crippen MR) is 81.5 cm³/mol. The van der Waals surface area contributed by atoms with E-state index in [0.29, 0.717) is 12.1 Å². The molecule has 0 saturated heterocycles. The van der Waals surface area contributed by atoms with Crippen molar-refractivity contribution < 1.29 is 9.47 Å². The maximum Gasteiger partial charge on any atom is 0.160 e. The van der Waals surface area contributed by atoms with Crippen LogP contribution in [0.5, 0.6) is 11.5 Å². The van der Waals surface area contributed by atoms with Crippen molar-refractivity contribution in [1.29, 1.82) is 0 Å². The second-order valence-corrected chi connectivity index (χ2v) is 5.52. The van der Waals surface area contributed by atoms with E-state index in [4.69, 9.17) is 15.2 Å². The van der Waals surface area contributed by atoms with Gasteiger partial charge in [-0.3, -0.25) is 0 Å². The molecule has 1 aliphatic rings. The first kappa shape index (κ1) is 15.1. The van der Waals surface area contributed by atoms with Crippen LogP contribution in [0.4, 0.5) is 0 Å². The molecule has 0 aromatic heterocycles. The van der Waals surface area contributed by atoms with Crippen molar-refractivity contribution in [2.45, 2.75) is 44.2 Å². The number of benzene rings is 1. The van der Waals surface area contributed by atoms with E-state index in [1.165, 1.54) is 24.8 Å². The summed E-state index contributed by atoms with van der Waals surface area (Å²) in [5, 5.41) is 3.61. The van der Waals surface area contributed by atoms with Gasteiger partial charge in [0.25, 0.3) is 0 Å². The Morgan fingerprint density at radius 2 is 2.00 bits per heavy atom. The third kappa shape index (κ3) is 4.12. The number of ether oxygens (including phenoxy) is 2. The number of hydrogen-bond donors (Lipinski definition) is 2. The lowest BCUT2D eigenvalue weighted by Crippen LogP contribution is -2.40. The molecule has 1 aromatic carbocycles. The van der Waals surface area contributed by atoms with Crippen LogP contribution in [0.25, 0.3) is 0 Å². The van der Waals surface area contributed by atoms with E-state index in [0.717, 1.165) is 30.9 Å². The maximum atomic E-state index is 6.01. The van der Waals surface area contributed by atoms with E-state index in [9.17, 15) is 0 Å². The van der Waals surface area contributed by atoms with Crippen LogP contribution in [-0.2, 0) is 6.42 Å². The van der Waals surface area contributed by atoms with E-state index in [2.05, 4.69) is 11.4 Å². The first-order chi connectivity index (χ1) is 9.72. The zero-order valence-corrected chi connectivity index (χ0v) is 12.5. The molecule has 2 atom stereocenters. The Hall–Kier alpha value is -1.26. The smallest absolute Gasteiger partial charge is 0.160 e. The maximum absolute atomic E-state index is 6.01. The van der Waals surface area contributed by atoms with E-state index in [1.807, 2.05) is 12.1 Å². The number of nitrogens with two attached hydrogens (primary N) is 1. The molecule has 4 heteroatoms. The minimum Gasteiger partial charge on any atom is -0.493 e. The van der Waals surface area contributed by atoms with Crippen molar-refractivity contribution in [2.24, 2.45) is 5.73 Å². The van der Waals surface area contributed by atoms with Crippen molar-refractivity contribution in [3.63, 3.8) is 0 Å². The normalized spacial score (nSPS) is 22.6. The molecule has 1 fully saturated rings. The Morgan fingerprint density at radius 3 is 2.70 bits per heavy atom. The summed E-state index contributed by atoms with van der Waals surface area (Å²) < 4.78 is 10.6. The summed E-state index contributed by atoms with van der Waals surface area (Å²) in [5.41, 5.74) is 7.27. The Bertz CT molecular complexity index is 423. The Balaban J connectivity index is 1.81. The molecule has 0 spiro atoms. The van der Waals surface area contributed by atoms with Crippen LogP contribution in [0.2, 0.25) is 0 Å². The summed E-state index contributed by atoms with van der Waals surface area (Å²) in [6, 6.07) is 7.06. The van der Waals surface area contributed by atoms with E-state index in [-0.39, 0.29) is 0 Å². The van der Waals surface area contributed by atoms with Crippen molar-refractivity contribution in [3.05, 3.63) is 23.8 Å². The van der Waals surface area contributed by atoms with Gasteiger partial charge in [-0.1, -0.05) is 12.5 Å². The van der Waals surface area contributed by atoms with Crippen LogP contribution in [0, 0.1) is 0 Å². The van der Waals surface area contributed by atoms with Crippen molar-refractivity contribution in [2.75, 3.05) is 20.8 Å². The summed E-state index contributed by atoms with van der Waals surface area (Å²) in [5.74, 6) is 1.58. The summed E-state index contributed by atoms with van der Waals surface area (Å²) in [6.45, 7) is 0.979. The first-order valence-corrected chi connectivity index (χ1v) is 7.42. The van der Waals surface area contributed by atoms with Crippen LogP contribution in [0.15, 0.2) is 18.2 Å². The quantitative estimate of drug-likeness (QED) is 0.837. The van der Waals surface area contributed by atoms with Gasteiger partial charge < -0.3 is 20.5 Å². The molecule has 4 nitrogen and oxygen atoms in total.